The maximum atomic E-state index is 11.7. The van der Waals surface area contributed by atoms with Gasteiger partial charge in [-0.1, -0.05) is 48.5 Å². The van der Waals surface area contributed by atoms with Gasteiger partial charge < -0.3 is 9.64 Å². The van der Waals surface area contributed by atoms with Crippen LogP contribution in [-0.2, 0) is 4.74 Å². The highest BCUT2D eigenvalue weighted by molar-refractivity contribution is 6.06. The quantitative estimate of drug-likeness (QED) is 0.607. The van der Waals surface area contributed by atoms with E-state index in [4.69, 9.17) is 9.73 Å². The normalized spacial score (nSPS) is 17.4. The number of carbonyl (C=O) groups excluding carboxylic acids is 1. The zero-order chi connectivity index (χ0) is 18.6. The zero-order valence-corrected chi connectivity index (χ0v) is 15.1. The molecule has 0 amide bonds. The summed E-state index contributed by atoms with van der Waals surface area (Å²) in [5, 5.41) is 0. The number of carbonyl (C=O) groups is 1. The lowest BCUT2D eigenvalue weighted by Crippen LogP contribution is -2.46. The maximum Gasteiger partial charge on any atom is 0.337 e. The summed E-state index contributed by atoms with van der Waals surface area (Å²) in [7, 11) is 1.39. The van der Waals surface area contributed by atoms with Gasteiger partial charge in [0.2, 0.25) is 0 Å². The number of aliphatic imine (C=N–C) groups is 1. The van der Waals surface area contributed by atoms with Crippen molar-refractivity contribution < 1.29 is 9.53 Å². The monoisotopic (exact) mass is 356 g/mol. The zero-order valence-electron chi connectivity index (χ0n) is 15.1. The van der Waals surface area contributed by atoms with E-state index in [1.54, 1.807) is 0 Å². The Balaban J connectivity index is 1.65. The number of methoxy groups -OCH3 is 1. The Labute approximate surface area is 158 Å². The Morgan fingerprint density at radius 1 is 0.926 bits per heavy atom. The molecule has 1 heterocycles. The van der Waals surface area contributed by atoms with E-state index in [2.05, 4.69) is 17.0 Å². The van der Waals surface area contributed by atoms with Crippen molar-refractivity contribution in [3.63, 3.8) is 0 Å². The van der Waals surface area contributed by atoms with E-state index in [0.717, 1.165) is 29.2 Å². The Kier molecular flexibility index (Phi) is 4.71. The number of ether oxygens (including phenoxy) is 1. The largest absolute Gasteiger partial charge is 0.465 e. The van der Waals surface area contributed by atoms with Gasteiger partial charge in [0.25, 0.3) is 0 Å². The molecule has 1 fully saturated rings. The molecule has 1 unspecified atom stereocenters. The molecule has 3 aromatic carbocycles. The molecular formula is C23H20N2O2. The molecule has 1 saturated heterocycles. The first-order valence-electron chi connectivity index (χ1n) is 8.91. The number of hydrogen-bond acceptors (Lipinski definition) is 3. The van der Waals surface area contributed by atoms with Gasteiger partial charge >= 0.3 is 5.97 Å². The lowest BCUT2D eigenvalue weighted by atomic mass is 9.91. The topological polar surface area (TPSA) is 41.9 Å². The van der Waals surface area contributed by atoms with E-state index in [1.165, 1.54) is 7.11 Å². The molecule has 0 aromatic heterocycles. The molecule has 0 aliphatic carbocycles. The molecule has 1 aliphatic rings. The van der Waals surface area contributed by atoms with Crippen LogP contribution in [0.3, 0.4) is 0 Å². The molecule has 1 atom stereocenters. The lowest BCUT2D eigenvalue weighted by molar-refractivity contribution is 0.0600. The number of rotatable bonds is 4. The molecule has 4 nitrogen and oxygen atoms in total. The van der Waals surface area contributed by atoms with Crippen LogP contribution in [0.1, 0.15) is 28.4 Å². The first kappa shape index (κ1) is 17.0. The number of amidine groups is 1. The van der Waals surface area contributed by atoms with Gasteiger partial charge in [-0.15, -0.1) is 0 Å². The summed E-state index contributed by atoms with van der Waals surface area (Å²) in [6.45, 7) is 0. The van der Waals surface area contributed by atoms with Crippen LogP contribution in [0.25, 0.3) is 0 Å². The van der Waals surface area contributed by atoms with Crippen LogP contribution in [0, 0.1) is 0 Å². The fourth-order valence-corrected chi connectivity index (χ4v) is 3.32. The van der Waals surface area contributed by atoms with Gasteiger partial charge in [-0.25, -0.2) is 9.79 Å². The van der Waals surface area contributed by atoms with Crippen LogP contribution in [-0.4, -0.2) is 18.9 Å². The van der Waals surface area contributed by atoms with E-state index in [1.807, 2.05) is 72.8 Å². The summed E-state index contributed by atoms with van der Waals surface area (Å²) in [6, 6.07) is 28.1. The highest BCUT2D eigenvalue weighted by Gasteiger charge is 2.36. The van der Waals surface area contributed by atoms with Crippen molar-refractivity contribution in [3.8, 4) is 0 Å². The average molecular weight is 356 g/mol. The number of anilines is 1. The standard InChI is InChI=1S/C23H20N2O2/c1-27-23(26)18-14-12-17(13-15-18)21-16-22(24-19-8-4-2-5-9-19)25(21)20-10-6-3-7-11-20/h2-15,21H,16H2,1H3/b24-22+. The molecule has 4 rings (SSSR count). The minimum Gasteiger partial charge on any atom is -0.465 e. The molecule has 0 bridgehead atoms. The smallest absolute Gasteiger partial charge is 0.337 e. The second-order valence-electron chi connectivity index (χ2n) is 6.40. The van der Waals surface area contributed by atoms with Crippen LogP contribution in [0.5, 0.6) is 0 Å². The summed E-state index contributed by atoms with van der Waals surface area (Å²) >= 11 is 0. The predicted molar refractivity (Wildman–Crippen MR) is 108 cm³/mol. The first-order valence-corrected chi connectivity index (χ1v) is 8.91. The SMILES string of the molecule is COC(=O)c1ccc(C2C/C(=N\c3ccccc3)N2c2ccccc2)cc1. The second kappa shape index (κ2) is 7.46. The molecule has 0 spiro atoms. The summed E-state index contributed by atoms with van der Waals surface area (Å²) in [5.41, 5.74) is 3.77. The van der Waals surface area contributed by atoms with Gasteiger partial charge in [0.05, 0.1) is 24.4 Å². The fraction of sp³-hybridized carbons (Fsp3) is 0.130. The molecule has 1 aliphatic heterocycles. The first-order chi connectivity index (χ1) is 13.3. The summed E-state index contributed by atoms with van der Waals surface area (Å²) in [5.74, 6) is 0.718. The van der Waals surface area contributed by atoms with Crippen LogP contribution in [0.2, 0.25) is 0 Å². The summed E-state index contributed by atoms with van der Waals surface area (Å²) < 4.78 is 4.78. The summed E-state index contributed by atoms with van der Waals surface area (Å²) in [6.07, 6.45) is 0.849. The Hall–Kier alpha value is -3.40. The average Bonchev–Trinajstić information content (AvgIpc) is 2.72. The molecule has 134 valence electrons. The van der Waals surface area contributed by atoms with E-state index in [9.17, 15) is 4.79 Å². The van der Waals surface area contributed by atoms with Crippen molar-refractivity contribution in [1.82, 2.24) is 0 Å². The Morgan fingerprint density at radius 2 is 1.56 bits per heavy atom. The predicted octanol–water partition coefficient (Wildman–Crippen LogP) is 5.15. The Bertz CT molecular complexity index is 951. The van der Waals surface area contributed by atoms with Crippen molar-refractivity contribution >= 4 is 23.2 Å². The van der Waals surface area contributed by atoms with Crippen molar-refractivity contribution in [2.45, 2.75) is 12.5 Å². The molecule has 27 heavy (non-hydrogen) atoms. The van der Waals surface area contributed by atoms with Crippen molar-refractivity contribution in [3.05, 3.63) is 96.1 Å². The van der Waals surface area contributed by atoms with E-state index >= 15 is 0 Å². The number of esters is 1. The number of para-hydroxylation sites is 2. The van der Waals surface area contributed by atoms with E-state index < -0.39 is 0 Å². The Morgan fingerprint density at radius 3 is 2.19 bits per heavy atom. The molecule has 0 N–H and O–H groups in total. The van der Waals surface area contributed by atoms with Crippen LogP contribution < -0.4 is 4.90 Å². The number of nitrogens with zero attached hydrogens (tertiary/aromatic N) is 2. The molecule has 4 heteroatoms. The fourth-order valence-electron chi connectivity index (χ4n) is 3.32. The van der Waals surface area contributed by atoms with Gasteiger partial charge in [0.15, 0.2) is 0 Å². The van der Waals surface area contributed by atoms with Crippen molar-refractivity contribution in [1.29, 1.82) is 0 Å². The van der Waals surface area contributed by atoms with Crippen molar-refractivity contribution in [2.75, 3.05) is 12.0 Å². The van der Waals surface area contributed by atoms with Crippen LogP contribution >= 0.6 is 0 Å². The van der Waals surface area contributed by atoms with Crippen molar-refractivity contribution in [2.24, 2.45) is 4.99 Å². The third-order valence-corrected chi connectivity index (χ3v) is 4.73. The number of benzene rings is 3. The molecular weight excluding hydrogens is 336 g/mol. The number of hydrogen-bond donors (Lipinski definition) is 0. The van der Waals surface area contributed by atoms with Gasteiger partial charge in [-0.05, 0) is 42.0 Å². The molecule has 0 saturated carbocycles. The maximum absolute atomic E-state index is 11.7. The third-order valence-electron chi connectivity index (χ3n) is 4.73. The highest BCUT2D eigenvalue weighted by Crippen LogP contribution is 2.40. The lowest BCUT2D eigenvalue weighted by Gasteiger charge is -2.44. The van der Waals surface area contributed by atoms with Crippen LogP contribution in [0.4, 0.5) is 11.4 Å². The minimum atomic E-state index is -0.318. The van der Waals surface area contributed by atoms with Gasteiger partial charge in [-0.2, -0.15) is 0 Å². The van der Waals surface area contributed by atoms with Gasteiger partial charge in [-0.3, -0.25) is 0 Å². The van der Waals surface area contributed by atoms with Crippen LogP contribution in [0.15, 0.2) is 89.9 Å². The molecule has 0 radical (unpaired) electrons. The second-order valence-corrected chi connectivity index (χ2v) is 6.40. The third kappa shape index (κ3) is 3.47. The molecule has 3 aromatic rings. The minimum absolute atomic E-state index is 0.196. The van der Waals surface area contributed by atoms with E-state index in [-0.39, 0.29) is 12.0 Å². The van der Waals surface area contributed by atoms with Gasteiger partial charge in [0, 0.05) is 12.1 Å². The highest BCUT2D eigenvalue weighted by atomic mass is 16.5. The van der Waals surface area contributed by atoms with Gasteiger partial charge in [0.1, 0.15) is 5.84 Å². The summed E-state index contributed by atoms with van der Waals surface area (Å²) in [4.78, 5) is 18.7. The van der Waals surface area contributed by atoms with E-state index in [0.29, 0.717) is 5.56 Å².